The molecule has 2 aromatic rings. The summed E-state index contributed by atoms with van der Waals surface area (Å²) in [4.78, 5) is 17.3. The van der Waals surface area contributed by atoms with Gasteiger partial charge in [-0.15, -0.1) is 0 Å². The molecule has 1 aliphatic heterocycles. The van der Waals surface area contributed by atoms with Gasteiger partial charge < -0.3 is 4.90 Å². The molecule has 0 saturated carbocycles. The molecule has 25 heavy (non-hydrogen) atoms. The first-order chi connectivity index (χ1) is 11.9. The smallest absolute Gasteiger partial charge is 0.250 e. The molecule has 1 fully saturated rings. The quantitative estimate of drug-likeness (QED) is 0.786. The summed E-state index contributed by atoms with van der Waals surface area (Å²) in [6, 6.07) is 8.63. The van der Waals surface area contributed by atoms with Crippen molar-refractivity contribution in [2.75, 3.05) is 26.2 Å². The zero-order valence-electron chi connectivity index (χ0n) is 15.1. The number of amides is 1. The molecule has 0 spiro atoms. The van der Waals surface area contributed by atoms with Gasteiger partial charge in [0, 0.05) is 38.9 Å². The van der Waals surface area contributed by atoms with E-state index in [4.69, 9.17) is 0 Å². The Labute approximate surface area is 157 Å². The van der Waals surface area contributed by atoms with Crippen LogP contribution in [0, 0.1) is 6.92 Å². The number of aryl methyl sites for hydroxylation is 1. The number of hydrogen-bond donors (Lipinski definition) is 0. The number of hydrogen-bond acceptors (Lipinski definition) is 3. The van der Waals surface area contributed by atoms with Crippen LogP contribution in [0.1, 0.15) is 25.0 Å². The van der Waals surface area contributed by atoms with E-state index in [9.17, 15) is 4.79 Å². The summed E-state index contributed by atoms with van der Waals surface area (Å²) >= 11 is 3.40. The first-order valence-corrected chi connectivity index (χ1v) is 9.43. The van der Waals surface area contributed by atoms with E-state index in [2.05, 4.69) is 57.1 Å². The van der Waals surface area contributed by atoms with Crippen LogP contribution in [-0.4, -0.2) is 51.7 Å². The maximum atomic E-state index is 13.0. The van der Waals surface area contributed by atoms with E-state index in [1.165, 1.54) is 11.1 Å². The van der Waals surface area contributed by atoms with Crippen molar-refractivity contribution in [1.82, 2.24) is 19.6 Å². The summed E-state index contributed by atoms with van der Waals surface area (Å²) in [6.07, 6.45) is 3.57. The maximum Gasteiger partial charge on any atom is 0.250 e. The third-order valence-electron chi connectivity index (χ3n) is 4.80. The van der Waals surface area contributed by atoms with E-state index in [0.29, 0.717) is 0 Å². The van der Waals surface area contributed by atoms with Crippen molar-refractivity contribution < 1.29 is 4.79 Å². The van der Waals surface area contributed by atoms with Gasteiger partial charge >= 0.3 is 0 Å². The first kappa shape index (κ1) is 18.1. The Morgan fingerprint density at radius 3 is 2.56 bits per heavy atom. The second-order valence-corrected chi connectivity index (χ2v) is 8.14. The molecule has 0 bridgehead atoms. The van der Waals surface area contributed by atoms with Gasteiger partial charge in [-0.2, -0.15) is 5.10 Å². The lowest BCUT2D eigenvalue weighted by Gasteiger charge is -2.38. The average molecular weight is 405 g/mol. The minimum atomic E-state index is -0.676. The zero-order chi connectivity index (χ0) is 18.0. The highest BCUT2D eigenvalue weighted by Gasteiger charge is 2.35. The van der Waals surface area contributed by atoms with E-state index in [-0.39, 0.29) is 5.91 Å². The molecule has 0 N–H and O–H groups in total. The van der Waals surface area contributed by atoms with Gasteiger partial charge in [0.05, 0.1) is 10.7 Å². The van der Waals surface area contributed by atoms with Crippen LogP contribution >= 0.6 is 15.9 Å². The van der Waals surface area contributed by atoms with Gasteiger partial charge in [0.25, 0.3) is 0 Å². The van der Waals surface area contributed by atoms with Gasteiger partial charge in [0.1, 0.15) is 5.54 Å². The van der Waals surface area contributed by atoms with Crippen LogP contribution in [0.4, 0.5) is 0 Å². The van der Waals surface area contributed by atoms with Crippen LogP contribution < -0.4 is 0 Å². The van der Waals surface area contributed by atoms with E-state index >= 15 is 0 Å². The molecular formula is C19H25BrN4O. The Kier molecular flexibility index (Phi) is 5.29. The van der Waals surface area contributed by atoms with E-state index in [1.54, 1.807) is 10.9 Å². The van der Waals surface area contributed by atoms with Crippen LogP contribution in [-0.2, 0) is 16.9 Å². The van der Waals surface area contributed by atoms with Crippen molar-refractivity contribution in [3.05, 3.63) is 52.3 Å². The fraction of sp³-hybridized carbons (Fsp3) is 0.474. The Morgan fingerprint density at radius 1 is 1.24 bits per heavy atom. The van der Waals surface area contributed by atoms with Crippen molar-refractivity contribution >= 4 is 21.8 Å². The van der Waals surface area contributed by atoms with E-state index in [0.717, 1.165) is 37.2 Å². The summed E-state index contributed by atoms with van der Waals surface area (Å²) < 4.78 is 2.62. The van der Waals surface area contributed by atoms with Gasteiger partial charge in [-0.05, 0) is 42.3 Å². The van der Waals surface area contributed by atoms with E-state index < -0.39 is 5.54 Å². The predicted octanol–water partition coefficient (Wildman–Crippen LogP) is 3.03. The molecule has 0 unspecified atom stereocenters. The monoisotopic (exact) mass is 404 g/mol. The molecule has 0 radical (unpaired) electrons. The van der Waals surface area contributed by atoms with Gasteiger partial charge in [-0.3, -0.25) is 14.4 Å². The predicted molar refractivity (Wildman–Crippen MR) is 102 cm³/mol. The number of nitrogens with zero attached hydrogens (tertiary/aromatic N) is 4. The molecule has 6 heteroatoms. The number of carbonyl (C=O) groups excluding carboxylic acids is 1. The summed E-state index contributed by atoms with van der Waals surface area (Å²) in [5.74, 6) is 0.123. The van der Waals surface area contributed by atoms with Crippen LogP contribution in [0.3, 0.4) is 0 Å². The highest BCUT2D eigenvalue weighted by Crippen LogP contribution is 2.21. The fourth-order valence-electron chi connectivity index (χ4n) is 3.27. The van der Waals surface area contributed by atoms with Gasteiger partial charge in [0.15, 0.2) is 0 Å². The van der Waals surface area contributed by atoms with Crippen molar-refractivity contribution in [3.63, 3.8) is 0 Å². The normalized spacial score (nSPS) is 16.2. The molecule has 5 nitrogen and oxygen atoms in total. The Hall–Kier alpha value is -1.66. The highest BCUT2D eigenvalue weighted by molar-refractivity contribution is 9.10. The fourth-order valence-corrected chi connectivity index (χ4v) is 3.55. The summed E-state index contributed by atoms with van der Waals surface area (Å²) in [5, 5.41) is 4.29. The van der Waals surface area contributed by atoms with Crippen molar-refractivity contribution in [2.24, 2.45) is 0 Å². The molecule has 0 aliphatic carbocycles. The van der Waals surface area contributed by atoms with Gasteiger partial charge in [-0.25, -0.2) is 0 Å². The minimum Gasteiger partial charge on any atom is -0.338 e. The van der Waals surface area contributed by atoms with Crippen LogP contribution in [0.2, 0.25) is 0 Å². The lowest BCUT2D eigenvalue weighted by molar-refractivity contribution is -0.141. The highest BCUT2D eigenvalue weighted by atomic mass is 79.9. The Morgan fingerprint density at radius 2 is 1.96 bits per heavy atom. The minimum absolute atomic E-state index is 0.123. The SMILES string of the molecule is Cc1cccc(CN2CCN(C(=O)C(C)(C)n3cc(Br)cn3)CC2)c1. The molecule has 3 rings (SSSR count). The van der Waals surface area contributed by atoms with Crippen molar-refractivity contribution in [3.8, 4) is 0 Å². The third kappa shape index (κ3) is 4.12. The summed E-state index contributed by atoms with van der Waals surface area (Å²) in [5.41, 5.74) is 1.95. The lowest BCUT2D eigenvalue weighted by Crippen LogP contribution is -2.54. The lowest BCUT2D eigenvalue weighted by atomic mass is 10.0. The molecule has 2 heterocycles. The molecule has 1 aromatic heterocycles. The topological polar surface area (TPSA) is 41.4 Å². The molecule has 1 aliphatic rings. The number of aromatic nitrogens is 2. The Balaban J connectivity index is 1.59. The maximum absolute atomic E-state index is 13.0. The first-order valence-electron chi connectivity index (χ1n) is 8.64. The second-order valence-electron chi connectivity index (χ2n) is 7.22. The van der Waals surface area contributed by atoms with Crippen LogP contribution in [0.5, 0.6) is 0 Å². The van der Waals surface area contributed by atoms with Crippen LogP contribution in [0.25, 0.3) is 0 Å². The van der Waals surface area contributed by atoms with Gasteiger partial charge in [0.2, 0.25) is 5.91 Å². The second kappa shape index (κ2) is 7.30. The number of rotatable bonds is 4. The average Bonchev–Trinajstić information content (AvgIpc) is 3.02. The van der Waals surface area contributed by atoms with Gasteiger partial charge in [-0.1, -0.05) is 29.8 Å². The number of benzene rings is 1. The molecule has 1 amide bonds. The Bertz CT molecular complexity index is 747. The molecule has 134 valence electrons. The number of halogens is 1. The number of piperazine rings is 1. The molecule has 1 saturated heterocycles. The molecule has 1 aromatic carbocycles. The van der Waals surface area contributed by atoms with Crippen molar-refractivity contribution in [1.29, 1.82) is 0 Å². The molecule has 0 atom stereocenters. The third-order valence-corrected chi connectivity index (χ3v) is 5.20. The van der Waals surface area contributed by atoms with Crippen LogP contribution in [0.15, 0.2) is 41.1 Å². The number of carbonyl (C=O) groups is 1. The standard InChI is InChI=1S/C19H25BrN4O/c1-15-5-4-6-16(11-15)13-22-7-9-23(10-8-22)18(25)19(2,3)24-14-17(20)12-21-24/h4-6,11-12,14H,7-10,13H2,1-3H3. The largest absolute Gasteiger partial charge is 0.338 e. The summed E-state index contributed by atoms with van der Waals surface area (Å²) in [6.45, 7) is 10.2. The zero-order valence-corrected chi connectivity index (χ0v) is 16.7. The van der Waals surface area contributed by atoms with E-state index in [1.807, 2.05) is 24.9 Å². The molecular weight excluding hydrogens is 380 g/mol. The van der Waals surface area contributed by atoms with Crippen molar-refractivity contribution in [2.45, 2.75) is 32.9 Å². The summed E-state index contributed by atoms with van der Waals surface area (Å²) in [7, 11) is 0.